The van der Waals surface area contributed by atoms with Crippen molar-refractivity contribution in [1.29, 1.82) is 0 Å². The molecule has 0 aliphatic heterocycles. The van der Waals surface area contributed by atoms with Gasteiger partial charge in [-0.1, -0.05) is 39.0 Å². The first-order valence-corrected chi connectivity index (χ1v) is 10.9. The van der Waals surface area contributed by atoms with Gasteiger partial charge in [-0.25, -0.2) is 8.89 Å². The molecule has 6 nitrogen and oxygen atoms in total. The summed E-state index contributed by atoms with van der Waals surface area (Å²) in [6.45, 7) is 8.34. The Hall–Kier alpha value is -3.19. The van der Waals surface area contributed by atoms with E-state index in [1.54, 1.807) is 16.9 Å². The first-order chi connectivity index (χ1) is 14.2. The van der Waals surface area contributed by atoms with Crippen molar-refractivity contribution in [1.82, 2.24) is 9.78 Å². The molecule has 2 aromatic carbocycles. The predicted molar refractivity (Wildman–Crippen MR) is 118 cm³/mol. The van der Waals surface area contributed by atoms with Gasteiger partial charge in [0.1, 0.15) is 5.82 Å². The van der Waals surface area contributed by atoms with Crippen molar-refractivity contribution in [2.45, 2.75) is 38.0 Å². The minimum absolute atomic E-state index is 0.0428. The molecule has 0 fully saturated rings. The summed E-state index contributed by atoms with van der Waals surface area (Å²) in [4.78, 5) is 0.694. The summed E-state index contributed by atoms with van der Waals surface area (Å²) in [5.74, 6) is 0.617. The Morgan fingerprint density at radius 3 is 2.50 bits per heavy atom. The highest BCUT2D eigenvalue weighted by Crippen LogP contribution is 2.26. The lowest BCUT2D eigenvalue weighted by atomic mass is 9.87. The van der Waals surface area contributed by atoms with Crippen LogP contribution in [0, 0.1) is 6.92 Å². The van der Waals surface area contributed by atoms with Gasteiger partial charge in [0.15, 0.2) is 11.0 Å². The highest BCUT2D eigenvalue weighted by atomic mass is 32.2. The highest BCUT2D eigenvalue weighted by molar-refractivity contribution is 7.86. The molecule has 0 bridgehead atoms. The first kappa shape index (κ1) is 20.1. The Morgan fingerprint density at radius 1 is 1.07 bits per heavy atom. The fourth-order valence-electron chi connectivity index (χ4n) is 3.39. The Labute approximate surface area is 178 Å². The first-order valence-electron chi connectivity index (χ1n) is 9.73. The van der Waals surface area contributed by atoms with Gasteiger partial charge >= 0.3 is 0 Å². The van der Waals surface area contributed by atoms with E-state index in [0.29, 0.717) is 16.2 Å². The van der Waals surface area contributed by atoms with Crippen molar-refractivity contribution in [3.8, 4) is 5.69 Å². The van der Waals surface area contributed by atoms with Crippen LogP contribution in [0.2, 0.25) is 0 Å². The molecular formula is C23H25N4O2S+. The fraction of sp³-hybridized carbons (Fsp3) is 0.217. The molecule has 0 amide bonds. The fourth-order valence-corrected chi connectivity index (χ4v) is 4.22. The van der Waals surface area contributed by atoms with Crippen LogP contribution in [0.25, 0.3) is 16.6 Å². The topological polar surface area (TPSA) is 71.0 Å². The molecule has 1 atom stereocenters. The summed E-state index contributed by atoms with van der Waals surface area (Å²) < 4.78 is 18.9. The van der Waals surface area contributed by atoms with Crippen molar-refractivity contribution in [3.05, 3.63) is 78.1 Å². The summed E-state index contributed by atoms with van der Waals surface area (Å²) in [6, 6.07) is 19.0. The Bertz CT molecular complexity index is 1240. The monoisotopic (exact) mass is 421 g/mol. The van der Waals surface area contributed by atoms with Crippen LogP contribution in [0.3, 0.4) is 0 Å². The van der Waals surface area contributed by atoms with E-state index in [9.17, 15) is 9.42 Å². The number of pyridine rings is 1. The molecule has 0 spiro atoms. The van der Waals surface area contributed by atoms with Crippen LogP contribution < -0.4 is 9.45 Å². The van der Waals surface area contributed by atoms with E-state index in [4.69, 9.17) is 0 Å². The number of anilines is 1. The number of nitrogens with one attached hydrogen (secondary N) is 1. The summed E-state index contributed by atoms with van der Waals surface area (Å²) >= 11 is 0. The van der Waals surface area contributed by atoms with Gasteiger partial charge in [-0.15, -0.1) is 0 Å². The molecule has 2 aromatic heterocycles. The van der Waals surface area contributed by atoms with Crippen LogP contribution in [-0.4, -0.2) is 19.2 Å². The van der Waals surface area contributed by atoms with E-state index in [0.717, 1.165) is 21.5 Å². The van der Waals surface area contributed by atoms with Crippen molar-refractivity contribution in [3.63, 3.8) is 0 Å². The number of aryl methyl sites for hydroxylation is 1. The third-order valence-corrected chi connectivity index (χ3v) is 6.08. The van der Waals surface area contributed by atoms with Crippen LogP contribution in [-0.2, 0) is 16.4 Å². The van der Waals surface area contributed by atoms with Gasteiger partial charge in [0.2, 0.25) is 6.20 Å². The van der Waals surface area contributed by atoms with Gasteiger partial charge in [0.05, 0.1) is 21.7 Å². The second kappa shape index (κ2) is 7.57. The maximum absolute atomic E-state index is 13.0. The number of fused-ring (bicyclic) bond motifs is 1. The Kier molecular flexibility index (Phi) is 5.07. The quantitative estimate of drug-likeness (QED) is 0.381. The zero-order chi connectivity index (χ0) is 21.5. The minimum Gasteiger partial charge on any atom is -0.285 e. The molecule has 0 aliphatic rings. The summed E-state index contributed by atoms with van der Waals surface area (Å²) in [7, 11) is -1.44. The molecule has 30 heavy (non-hydrogen) atoms. The molecule has 2 N–H and O–H groups in total. The largest absolute Gasteiger partial charge is 0.285 e. The van der Waals surface area contributed by atoms with Crippen LogP contribution in [0.1, 0.15) is 32.0 Å². The molecule has 0 saturated carbocycles. The third-order valence-electron chi connectivity index (χ3n) is 4.99. The number of hydrogen-bond donors (Lipinski definition) is 2. The van der Waals surface area contributed by atoms with Gasteiger partial charge in [0, 0.05) is 22.9 Å². The van der Waals surface area contributed by atoms with E-state index in [1.807, 2.05) is 61.5 Å². The zero-order valence-electron chi connectivity index (χ0n) is 17.5. The van der Waals surface area contributed by atoms with Crippen LogP contribution in [0.5, 0.6) is 0 Å². The lowest BCUT2D eigenvalue weighted by molar-refractivity contribution is -0.884. The number of nitrogens with zero attached hydrogens (tertiary/aromatic N) is 3. The zero-order valence-corrected chi connectivity index (χ0v) is 18.3. The number of hydrogen-bond acceptors (Lipinski definition) is 3. The summed E-state index contributed by atoms with van der Waals surface area (Å²) in [5, 5.41) is 15.5. The van der Waals surface area contributed by atoms with Crippen molar-refractivity contribution in [2.24, 2.45) is 0 Å². The van der Waals surface area contributed by atoms with E-state index in [2.05, 4.69) is 30.6 Å². The Morgan fingerprint density at radius 2 is 1.80 bits per heavy atom. The molecule has 0 radical (unpaired) electrons. The normalized spacial score (nSPS) is 12.8. The molecule has 1 unspecified atom stereocenters. The lowest BCUT2D eigenvalue weighted by Crippen LogP contribution is -2.30. The Balaban J connectivity index is 1.70. The van der Waals surface area contributed by atoms with Crippen molar-refractivity contribution < 1.29 is 14.1 Å². The lowest BCUT2D eigenvalue weighted by Gasteiger charge is -2.19. The standard InChI is InChI=1S/C23H25N4O2S/c1-16-15-22(25-30(29)18-12-10-17(11-13-18)23(2,3)4)27(24-16)21-9-5-8-20-19(21)7-6-14-26(20)28/h5-15,25,28H,1-4H3/q+1. The van der Waals surface area contributed by atoms with Gasteiger partial charge in [-0.2, -0.15) is 5.10 Å². The average molecular weight is 422 g/mol. The second-order valence-corrected chi connectivity index (χ2v) is 9.50. The van der Waals surface area contributed by atoms with Crippen LogP contribution in [0.15, 0.2) is 71.8 Å². The smallest absolute Gasteiger partial charge is 0.266 e. The molecule has 154 valence electrons. The number of aromatic nitrogens is 3. The summed E-state index contributed by atoms with van der Waals surface area (Å²) in [6.07, 6.45) is 1.58. The van der Waals surface area contributed by atoms with Crippen molar-refractivity contribution >= 4 is 27.7 Å². The maximum atomic E-state index is 13.0. The number of rotatable bonds is 4. The molecule has 4 rings (SSSR count). The van der Waals surface area contributed by atoms with Crippen LogP contribution >= 0.6 is 0 Å². The average Bonchev–Trinajstić information content (AvgIpc) is 3.07. The van der Waals surface area contributed by atoms with Gasteiger partial charge < -0.3 is 0 Å². The minimum atomic E-state index is -1.44. The molecule has 0 aliphatic carbocycles. The number of benzene rings is 2. The molecule has 2 heterocycles. The SMILES string of the molecule is Cc1cc(NS(=O)c2ccc(C(C)(C)C)cc2)n(-c2cccc3c2ccc[n+]3O)n1. The third kappa shape index (κ3) is 3.80. The van der Waals surface area contributed by atoms with E-state index in [1.165, 1.54) is 5.56 Å². The predicted octanol–water partition coefficient (Wildman–Crippen LogP) is 4.29. The highest BCUT2D eigenvalue weighted by Gasteiger charge is 2.18. The molecule has 0 saturated heterocycles. The molecular weight excluding hydrogens is 396 g/mol. The van der Waals surface area contributed by atoms with Gasteiger partial charge in [-0.05, 0) is 42.2 Å². The molecule has 4 aromatic rings. The maximum Gasteiger partial charge on any atom is 0.266 e. The van der Waals surface area contributed by atoms with E-state index >= 15 is 0 Å². The second-order valence-electron chi connectivity index (χ2n) is 8.29. The van der Waals surface area contributed by atoms with Gasteiger partial charge in [0.25, 0.3) is 5.52 Å². The van der Waals surface area contributed by atoms with Crippen molar-refractivity contribution in [2.75, 3.05) is 4.72 Å². The summed E-state index contributed by atoms with van der Waals surface area (Å²) in [5.41, 5.74) is 3.47. The van der Waals surface area contributed by atoms with E-state index < -0.39 is 11.0 Å². The van der Waals surface area contributed by atoms with E-state index in [-0.39, 0.29) is 5.41 Å². The molecule has 7 heteroatoms. The van der Waals surface area contributed by atoms with Gasteiger partial charge in [-0.3, -0.25) is 9.93 Å². The van der Waals surface area contributed by atoms with Crippen LogP contribution in [0.4, 0.5) is 5.82 Å².